The lowest BCUT2D eigenvalue weighted by molar-refractivity contribution is -0.138. The minimum Gasteiger partial charge on any atom is -0.481 e. The van der Waals surface area contributed by atoms with E-state index in [0.29, 0.717) is 0 Å². The SMILES string of the molecule is Cc1nn(C2CCCC2O)c(C)c1C(C)C(=O)O. The van der Waals surface area contributed by atoms with Crippen molar-refractivity contribution < 1.29 is 15.0 Å². The summed E-state index contributed by atoms with van der Waals surface area (Å²) in [6.07, 6.45) is 2.33. The van der Waals surface area contributed by atoms with E-state index in [2.05, 4.69) is 5.10 Å². The molecule has 1 aliphatic rings. The number of aromatic nitrogens is 2. The van der Waals surface area contributed by atoms with Gasteiger partial charge in [0.25, 0.3) is 0 Å². The van der Waals surface area contributed by atoms with Gasteiger partial charge in [0.05, 0.1) is 23.8 Å². The van der Waals surface area contributed by atoms with Gasteiger partial charge in [0, 0.05) is 11.3 Å². The van der Waals surface area contributed by atoms with Crippen molar-refractivity contribution in [3.63, 3.8) is 0 Å². The van der Waals surface area contributed by atoms with Crippen molar-refractivity contribution in [3.8, 4) is 0 Å². The van der Waals surface area contributed by atoms with E-state index < -0.39 is 11.9 Å². The minimum absolute atomic E-state index is 0.00144. The highest BCUT2D eigenvalue weighted by atomic mass is 16.4. The van der Waals surface area contributed by atoms with E-state index in [0.717, 1.165) is 36.2 Å². The molecule has 100 valence electrons. The van der Waals surface area contributed by atoms with Gasteiger partial charge in [-0.15, -0.1) is 0 Å². The second-order valence-corrected chi connectivity index (χ2v) is 5.15. The molecule has 0 amide bonds. The fourth-order valence-corrected chi connectivity index (χ4v) is 2.95. The molecule has 0 saturated heterocycles. The second-order valence-electron chi connectivity index (χ2n) is 5.15. The number of aliphatic hydroxyl groups excluding tert-OH is 1. The van der Waals surface area contributed by atoms with Gasteiger partial charge in [0.15, 0.2) is 0 Å². The molecular formula is C13H20N2O3. The average Bonchev–Trinajstić information content (AvgIpc) is 2.82. The topological polar surface area (TPSA) is 75.3 Å². The van der Waals surface area contributed by atoms with Crippen molar-refractivity contribution in [2.45, 2.75) is 58.1 Å². The van der Waals surface area contributed by atoms with Gasteiger partial charge in [0.2, 0.25) is 0 Å². The molecule has 0 aromatic carbocycles. The third kappa shape index (κ3) is 2.03. The number of aliphatic carboxylic acids is 1. The summed E-state index contributed by atoms with van der Waals surface area (Å²) in [7, 11) is 0. The predicted molar refractivity (Wildman–Crippen MR) is 66.6 cm³/mol. The summed E-state index contributed by atoms with van der Waals surface area (Å²) in [5.41, 5.74) is 2.40. The highest BCUT2D eigenvalue weighted by molar-refractivity contribution is 5.76. The Balaban J connectivity index is 2.40. The molecule has 0 bridgehead atoms. The monoisotopic (exact) mass is 252 g/mol. The van der Waals surface area contributed by atoms with E-state index in [9.17, 15) is 9.90 Å². The van der Waals surface area contributed by atoms with Crippen LogP contribution in [-0.4, -0.2) is 32.1 Å². The zero-order chi connectivity index (χ0) is 13.4. The summed E-state index contributed by atoms with van der Waals surface area (Å²) in [5.74, 6) is -1.40. The summed E-state index contributed by atoms with van der Waals surface area (Å²) < 4.78 is 1.82. The van der Waals surface area contributed by atoms with E-state index in [1.54, 1.807) is 6.92 Å². The molecule has 3 unspecified atom stereocenters. The van der Waals surface area contributed by atoms with Gasteiger partial charge >= 0.3 is 5.97 Å². The van der Waals surface area contributed by atoms with Crippen LogP contribution >= 0.6 is 0 Å². The predicted octanol–water partition coefficient (Wildman–Crippen LogP) is 1.77. The number of aliphatic hydroxyl groups is 1. The van der Waals surface area contributed by atoms with Crippen molar-refractivity contribution in [2.75, 3.05) is 0 Å². The Bertz CT molecular complexity index is 467. The summed E-state index contributed by atoms with van der Waals surface area (Å²) in [6, 6.07) is -0.00144. The van der Waals surface area contributed by atoms with Crippen LogP contribution in [0.4, 0.5) is 0 Å². The normalized spacial score (nSPS) is 25.3. The van der Waals surface area contributed by atoms with E-state index in [1.807, 2.05) is 18.5 Å². The van der Waals surface area contributed by atoms with Crippen LogP contribution in [0, 0.1) is 13.8 Å². The summed E-state index contributed by atoms with van der Waals surface area (Å²) in [6.45, 7) is 5.40. The maximum Gasteiger partial charge on any atom is 0.310 e. The first-order valence-electron chi connectivity index (χ1n) is 6.40. The maximum atomic E-state index is 11.1. The zero-order valence-corrected chi connectivity index (χ0v) is 11.1. The molecule has 2 N–H and O–H groups in total. The Labute approximate surface area is 106 Å². The molecule has 5 nitrogen and oxygen atoms in total. The molecule has 3 atom stereocenters. The van der Waals surface area contributed by atoms with Crippen LogP contribution in [0.15, 0.2) is 0 Å². The van der Waals surface area contributed by atoms with E-state index in [-0.39, 0.29) is 12.1 Å². The second kappa shape index (κ2) is 4.72. The van der Waals surface area contributed by atoms with E-state index in [4.69, 9.17) is 5.11 Å². The van der Waals surface area contributed by atoms with Crippen molar-refractivity contribution in [1.82, 2.24) is 9.78 Å². The van der Waals surface area contributed by atoms with Gasteiger partial charge in [0.1, 0.15) is 0 Å². The molecule has 0 aliphatic heterocycles. The fourth-order valence-electron chi connectivity index (χ4n) is 2.95. The lowest BCUT2D eigenvalue weighted by atomic mass is 9.99. The van der Waals surface area contributed by atoms with Crippen LogP contribution in [0.5, 0.6) is 0 Å². The standard InChI is InChI=1S/C13H20N2O3/c1-7(13(17)18)12-8(2)14-15(9(12)3)10-5-4-6-11(10)16/h7,10-11,16H,4-6H2,1-3H3,(H,17,18). The molecule has 5 heteroatoms. The molecule has 0 spiro atoms. The first-order valence-corrected chi connectivity index (χ1v) is 6.40. The Kier molecular flexibility index (Phi) is 3.43. The first kappa shape index (κ1) is 13.1. The maximum absolute atomic E-state index is 11.1. The number of carboxylic acids is 1. The van der Waals surface area contributed by atoms with Crippen LogP contribution in [0.2, 0.25) is 0 Å². The Morgan fingerprint density at radius 3 is 2.61 bits per heavy atom. The number of hydrogen-bond acceptors (Lipinski definition) is 3. The molecular weight excluding hydrogens is 232 g/mol. The number of nitrogens with zero attached hydrogens (tertiary/aromatic N) is 2. The smallest absolute Gasteiger partial charge is 0.310 e. The Morgan fingerprint density at radius 1 is 1.44 bits per heavy atom. The molecule has 18 heavy (non-hydrogen) atoms. The lowest BCUT2D eigenvalue weighted by Gasteiger charge is -2.17. The van der Waals surface area contributed by atoms with Crippen LogP contribution < -0.4 is 0 Å². The average molecular weight is 252 g/mol. The van der Waals surface area contributed by atoms with Gasteiger partial charge in [-0.05, 0) is 40.0 Å². The molecule has 1 saturated carbocycles. The number of carbonyl (C=O) groups is 1. The Hall–Kier alpha value is -1.36. The van der Waals surface area contributed by atoms with Crippen LogP contribution in [0.3, 0.4) is 0 Å². The van der Waals surface area contributed by atoms with Gasteiger partial charge in [-0.25, -0.2) is 0 Å². The van der Waals surface area contributed by atoms with Crippen molar-refractivity contribution in [3.05, 3.63) is 17.0 Å². The van der Waals surface area contributed by atoms with E-state index >= 15 is 0 Å². The number of rotatable bonds is 3. The van der Waals surface area contributed by atoms with Crippen molar-refractivity contribution in [1.29, 1.82) is 0 Å². The quantitative estimate of drug-likeness (QED) is 0.859. The van der Waals surface area contributed by atoms with Gasteiger partial charge in [-0.1, -0.05) is 0 Å². The summed E-state index contributed by atoms with van der Waals surface area (Å²) >= 11 is 0. The third-order valence-corrected chi connectivity index (χ3v) is 3.94. The van der Waals surface area contributed by atoms with Crippen LogP contribution in [-0.2, 0) is 4.79 Å². The van der Waals surface area contributed by atoms with Crippen LogP contribution in [0.1, 0.15) is 55.1 Å². The molecule has 2 rings (SSSR count). The molecule has 1 heterocycles. The largest absolute Gasteiger partial charge is 0.481 e. The van der Waals surface area contributed by atoms with Crippen molar-refractivity contribution in [2.24, 2.45) is 0 Å². The van der Waals surface area contributed by atoms with Gasteiger partial charge in [-0.2, -0.15) is 5.10 Å². The van der Waals surface area contributed by atoms with Crippen molar-refractivity contribution >= 4 is 5.97 Å². The number of hydrogen-bond donors (Lipinski definition) is 2. The van der Waals surface area contributed by atoms with Gasteiger partial charge in [-0.3, -0.25) is 9.48 Å². The zero-order valence-electron chi connectivity index (χ0n) is 11.1. The number of aryl methyl sites for hydroxylation is 1. The lowest BCUT2D eigenvalue weighted by Crippen LogP contribution is -2.20. The van der Waals surface area contributed by atoms with E-state index in [1.165, 1.54) is 0 Å². The minimum atomic E-state index is -0.840. The third-order valence-electron chi connectivity index (χ3n) is 3.94. The first-order chi connectivity index (χ1) is 8.43. The highest BCUT2D eigenvalue weighted by Crippen LogP contribution is 2.33. The highest BCUT2D eigenvalue weighted by Gasteiger charge is 2.31. The Morgan fingerprint density at radius 2 is 2.11 bits per heavy atom. The fraction of sp³-hybridized carbons (Fsp3) is 0.692. The van der Waals surface area contributed by atoms with Crippen LogP contribution in [0.25, 0.3) is 0 Å². The molecule has 1 aromatic rings. The molecule has 1 aliphatic carbocycles. The number of carboxylic acid groups (broad SMARTS) is 1. The van der Waals surface area contributed by atoms with Gasteiger partial charge < -0.3 is 10.2 Å². The molecule has 1 aromatic heterocycles. The summed E-state index contributed by atoms with van der Waals surface area (Å²) in [5, 5.41) is 23.5. The molecule has 1 fully saturated rings. The molecule has 0 radical (unpaired) electrons. The summed E-state index contributed by atoms with van der Waals surface area (Å²) in [4.78, 5) is 11.1.